The van der Waals surface area contributed by atoms with E-state index >= 15 is 0 Å². The number of likely N-dealkylation sites (tertiary alicyclic amines) is 1. The van der Waals surface area contributed by atoms with Gasteiger partial charge in [-0.25, -0.2) is 9.78 Å². The maximum Gasteiger partial charge on any atom is 0.321 e. The van der Waals surface area contributed by atoms with Crippen molar-refractivity contribution in [2.75, 3.05) is 19.6 Å². The zero-order valence-electron chi connectivity index (χ0n) is 13.1. The lowest BCUT2D eigenvalue weighted by Crippen LogP contribution is -3.11. The summed E-state index contributed by atoms with van der Waals surface area (Å²) < 4.78 is 1.18. The molecule has 0 radical (unpaired) electrons. The highest BCUT2D eigenvalue weighted by Gasteiger charge is 2.34. The molecular formula is C16H21N4O2S+. The molecule has 1 saturated heterocycles. The predicted octanol–water partition coefficient (Wildman–Crippen LogP) is 0.862. The highest BCUT2D eigenvalue weighted by atomic mass is 32.1. The summed E-state index contributed by atoms with van der Waals surface area (Å²) in [6.07, 6.45) is 2.11. The van der Waals surface area contributed by atoms with E-state index in [1.165, 1.54) is 9.60 Å². The number of hydrogen-bond acceptors (Lipinski definition) is 4. The van der Waals surface area contributed by atoms with Crippen LogP contribution in [-0.4, -0.2) is 36.6 Å². The molecule has 6 nitrogen and oxygen atoms in total. The minimum absolute atomic E-state index is 0.237. The number of carbonyl (C=O) groups is 2. The number of quaternary nitrogens is 1. The van der Waals surface area contributed by atoms with Gasteiger partial charge in [0.25, 0.3) is 5.91 Å². The molecule has 7 heteroatoms. The number of fused-ring (bicyclic) bond motifs is 1. The second kappa shape index (κ2) is 7.06. The van der Waals surface area contributed by atoms with E-state index in [0.29, 0.717) is 13.1 Å². The molecule has 3 rings (SSSR count). The van der Waals surface area contributed by atoms with Crippen molar-refractivity contribution in [1.29, 1.82) is 0 Å². The molecular weight excluding hydrogens is 312 g/mol. The number of urea groups is 1. The molecule has 0 aliphatic carbocycles. The van der Waals surface area contributed by atoms with Gasteiger partial charge in [-0.3, -0.25) is 10.1 Å². The van der Waals surface area contributed by atoms with E-state index in [0.717, 1.165) is 29.9 Å². The summed E-state index contributed by atoms with van der Waals surface area (Å²) in [6.45, 7) is 3.56. The number of nitrogens with zero attached hydrogens (tertiary/aromatic N) is 1. The zero-order valence-corrected chi connectivity index (χ0v) is 13.9. The number of imide groups is 1. The van der Waals surface area contributed by atoms with Crippen molar-refractivity contribution in [2.45, 2.75) is 25.8 Å². The second-order valence-electron chi connectivity index (χ2n) is 5.71. The monoisotopic (exact) mass is 333 g/mol. The maximum atomic E-state index is 12.0. The molecule has 2 heterocycles. The fourth-order valence-electron chi connectivity index (χ4n) is 3.04. The molecule has 122 valence electrons. The molecule has 1 unspecified atom stereocenters. The van der Waals surface area contributed by atoms with Crippen molar-refractivity contribution < 1.29 is 14.5 Å². The lowest BCUT2D eigenvalue weighted by molar-refractivity contribution is -0.910. The number of hydrogen-bond donors (Lipinski definition) is 3. The molecule has 1 fully saturated rings. The van der Waals surface area contributed by atoms with E-state index in [4.69, 9.17) is 4.98 Å². The third-order valence-corrected chi connectivity index (χ3v) is 5.22. The highest BCUT2D eigenvalue weighted by molar-refractivity contribution is 7.18. The molecule has 2 atom stereocenters. The Balaban J connectivity index is 1.67. The smallest absolute Gasteiger partial charge is 0.321 e. The summed E-state index contributed by atoms with van der Waals surface area (Å²) >= 11 is 1.70. The number of benzene rings is 1. The Morgan fingerprint density at radius 1 is 1.39 bits per heavy atom. The highest BCUT2D eigenvalue weighted by Crippen LogP contribution is 2.28. The molecule has 3 N–H and O–H groups in total. The predicted molar refractivity (Wildman–Crippen MR) is 89.5 cm³/mol. The van der Waals surface area contributed by atoms with Gasteiger partial charge in [0.15, 0.2) is 11.6 Å². The van der Waals surface area contributed by atoms with Gasteiger partial charge < -0.3 is 10.2 Å². The van der Waals surface area contributed by atoms with E-state index in [1.807, 2.05) is 25.1 Å². The lowest BCUT2D eigenvalue weighted by atomic mass is 10.2. The standard InChI is InChI=1S/C16H20N4O2S/c1-2-17-16(22)19-14(21)10-20-9-5-7-12(20)15-18-11-6-3-4-8-13(11)23-15/h3-4,6,8,12H,2,5,7,9-10H2,1H3,(H2,17,19,21,22)/p+1/t12-/m0/s1. The number of aromatic nitrogens is 1. The van der Waals surface area contributed by atoms with Gasteiger partial charge >= 0.3 is 6.03 Å². The SMILES string of the molecule is CCNC(=O)NC(=O)C[NH+]1CCC[C@H]1c1nc2ccccc2s1. The fraction of sp³-hybridized carbons (Fsp3) is 0.438. The molecule has 0 spiro atoms. The summed E-state index contributed by atoms with van der Waals surface area (Å²) in [5.41, 5.74) is 1.02. The molecule has 23 heavy (non-hydrogen) atoms. The van der Waals surface area contributed by atoms with Crippen LogP contribution in [0, 0.1) is 0 Å². The first-order valence-corrected chi connectivity index (χ1v) is 8.76. The fourth-order valence-corrected chi connectivity index (χ4v) is 4.20. The van der Waals surface area contributed by atoms with Crippen LogP contribution in [0.15, 0.2) is 24.3 Å². The number of carbonyl (C=O) groups excluding carboxylic acids is 2. The number of rotatable bonds is 4. The van der Waals surface area contributed by atoms with Crippen molar-refractivity contribution in [3.63, 3.8) is 0 Å². The van der Waals surface area contributed by atoms with Crippen LogP contribution < -0.4 is 15.5 Å². The first-order chi connectivity index (χ1) is 11.2. The van der Waals surface area contributed by atoms with Crippen LogP contribution in [0.2, 0.25) is 0 Å². The summed E-state index contributed by atoms with van der Waals surface area (Å²) in [4.78, 5) is 29.4. The molecule has 2 aromatic rings. The minimum atomic E-state index is -0.423. The first-order valence-electron chi connectivity index (χ1n) is 7.95. The molecule has 0 bridgehead atoms. The summed E-state index contributed by atoms with van der Waals surface area (Å²) in [5.74, 6) is -0.237. The molecule has 1 aromatic heterocycles. The molecule has 0 saturated carbocycles. The largest absolute Gasteiger partial charge is 0.338 e. The van der Waals surface area contributed by atoms with Gasteiger partial charge in [0.1, 0.15) is 6.04 Å². The topological polar surface area (TPSA) is 75.5 Å². The van der Waals surface area contributed by atoms with Crippen molar-refractivity contribution in [1.82, 2.24) is 15.6 Å². The number of para-hydroxylation sites is 1. The van der Waals surface area contributed by atoms with E-state index in [-0.39, 0.29) is 11.9 Å². The molecule has 1 aliphatic rings. The van der Waals surface area contributed by atoms with Gasteiger partial charge in [0.05, 0.1) is 16.8 Å². The van der Waals surface area contributed by atoms with Gasteiger partial charge in [-0.2, -0.15) is 0 Å². The molecule has 1 aliphatic heterocycles. The molecule has 1 aromatic carbocycles. The van der Waals surface area contributed by atoms with Gasteiger partial charge in [0.2, 0.25) is 0 Å². The summed E-state index contributed by atoms with van der Waals surface area (Å²) in [6, 6.07) is 7.92. The Labute approximate surface area is 138 Å². The Kier molecular flexibility index (Phi) is 4.88. The minimum Gasteiger partial charge on any atom is -0.338 e. The number of thiazole rings is 1. The van der Waals surface area contributed by atoms with E-state index < -0.39 is 6.03 Å². The van der Waals surface area contributed by atoms with Crippen LogP contribution in [0.25, 0.3) is 10.2 Å². The van der Waals surface area contributed by atoms with Crippen molar-refractivity contribution >= 4 is 33.5 Å². The third-order valence-electron chi connectivity index (χ3n) is 4.07. The average molecular weight is 333 g/mol. The third kappa shape index (κ3) is 3.68. The van der Waals surface area contributed by atoms with Crippen LogP contribution in [0.1, 0.15) is 30.8 Å². The summed E-state index contributed by atoms with van der Waals surface area (Å²) in [7, 11) is 0. The average Bonchev–Trinajstić information content (AvgIpc) is 3.12. The Bertz CT molecular complexity index is 682. The Morgan fingerprint density at radius 2 is 2.22 bits per heavy atom. The number of nitrogens with one attached hydrogen (secondary N) is 3. The van der Waals surface area contributed by atoms with Gasteiger partial charge in [0, 0.05) is 19.4 Å². The van der Waals surface area contributed by atoms with Crippen LogP contribution in [0.4, 0.5) is 4.79 Å². The van der Waals surface area contributed by atoms with Gasteiger partial charge in [-0.1, -0.05) is 12.1 Å². The maximum absolute atomic E-state index is 12.0. The number of amides is 3. The second-order valence-corrected chi connectivity index (χ2v) is 6.77. The van der Waals surface area contributed by atoms with E-state index in [1.54, 1.807) is 11.3 Å². The van der Waals surface area contributed by atoms with Crippen LogP contribution in [0.3, 0.4) is 0 Å². The van der Waals surface area contributed by atoms with Crippen molar-refractivity contribution in [2.24, 2.45) is 0 Å². The quantitative estimate of drug-likeness (QED) is 0.777. The van der Waals surface area contributed by atoms with Crippen LogP contribution >= 0.6 is 11.3 Å². The van der Waals surface area contributed by atoms with E-state index in [2.05, 4.69) is 16.7 Å². The Hall–Kier alpha value is -1.99. The van der Waals surface area contributed by atoms with Gasteiger partial charge in [-0.05, 0) is 19.1 Å². The van der Waals surface area contributed by atoms with Crippen LogP contribution in [0.5, 0.6) is 0 Å². The van der Waals surface area contributed by atoms with Crippen LogP contribution in [-0.2, 0) is 4.79 Å². The van der Waals surface area contributed by atoms with E-state index in [9.17, 15) is 9.59 Å². The lowest BCUT2D eigenvalue weighted by Gasteiger charge is -2.19. The van der Waals surface area contributed by atoms with Gasteiger partial charge in [-0.15, -0.1) is 11.3 Å². The zero-order chi connectivity index (χ0) is 16.2. The summed E-state index contributed by atoms with van der Waals surface area (Å²) in [5, 5.41) is 6.04. The van der Waals surface area contributed by atoms with Crippen molar-refractivity contribution in [3.05, 3.63) is 29.3 Å². The van der Waals surface area contributed by atoms with Crippen molar-refractivity contribution in [3.8, 4) is 0 Å². The normalized spacial score (nSPS) is 20.6. The Morgan fingerprint density at radius 3 is 3.00 bits per heavy atom. The first kappa shape index (κ1) is 15.9. The molecule has 3 amide bonds.